The van der Waals surface area contributed by atoms with Crippen LogP contribution in [0.1, 0.15) is 19.3 Å². The number of nitrogens with one attached hydrogen (secondary N) is 2. The molecular formula is C20H21FN4O2. The van der Waals surface area contributed by atoms with Crippen molar-refractivity contribution >= 4 is 28.3 Å². The molecule has 1 aliphatic heterocycles. The van der Waals surface area contributed by atoms with Crippen LogP contribution in [-0.2, 0) is 11.3 Å². The lowest BCUT2D eigenvalue weighted by molar-refractivity contribution is -0.116. The lowest BCUT2D eigenvalue weighted by Crippen LogP contribution is -2.29. The van der Waals surface area contributed by atoms with Crippen molar-refractivity contribution in [2.75, 3.05) is 23.3 Å². The number of fused-ring (bicyclic) bond motifs is 1. The predicted molar refractivity (Wildman–Crippen MR) is 104 cm³/mol. The first-order chi connectivity index (χ1) is 13.1. The largest absolute Gasteiger partial charge is 0.372 e. The van der Waals surface area contributed by atoms with E-state index in [-0.39, 0.29) is 12.5 Å². The van der Waals surface area contributed by atoms with Crippen molar-refractivity contribution in [3.05, 3.63) is 58.8 Å². The van der Waals surface area contributed by atoms with Gasteiger partial charge in [0.25, 0.3) is 0 Å². The number of aromatic nitrogens is 2. The van der Waals surface area contributed by atoms with Crippen molar-refractivity contribution in [2.45, 2.75) is 25.8 Å². The molecule has 0 spiro atoms. The summed E-state index contributed by atoms with van der Waals surface area (Å²) in [5, 5.41) is 2.81. The minimum atomic E-state index is -0.439. The minimum Gasteiger partial charge on any atom is -0.372 e. The fourth-order valence-electron chi connectivity index (χ4n) is 3.54. The molecule has 27 heavy (non-hydrogen) atoms. The molecule has 1 amide bonds. The van der Waals surface area contributed by atoms with Crippen molar-refractivity contribution in [1.29, 1.82) is 0 Å². The average Bonchev–Trinajstić information content (AvgIpc) is 2.97. The van der Waals surface area contributed by atoms with Crippen LogP contribution in [0.3, 0.4) is 0 Å². The van der Waals surface area contributed by atoms with E-state index in [9.17, 15) is 14.0 Å². The van der Waals surface area contributed by atoms with Gasteiger partial charge in [0.1, 0.15) is 12.4 Å². The Hall–Kier alpha value is -3.09. The summed E-state index contributed by atoms with van der Waals surface area (Å²) in [6, 6.07) is 11.7. The molecule has 2 N–H and O–H groups in total. The highest BCUT2D eigenvalue weighted by atomic mass is 19.1. The van der Waals surface area contributed by atoms with Crippen LogP contribution in [0.2, 0.25) is 0 Å². The molecule has 7 heteroatoms. The van der Waals surface area contributed by atoms with E-state index in [4.69, 9.17) is 0 Å². The predicted octanol–water partition coefficient (Wildman–Crippen LogP) is 3.10. The lowest BCUT2D eigenvalue weighted by atomic mass is 10.1. The maximum absolute atomic E-state index is 13.3. The smallest absolute Gasteiger partial charge is 0.326 e. The highest BCUT2D eigenvalue weighted by Crippen LogP contribution is 2.22. The van der Waals surface area contributed by atoms with Gasteiger partial charge in [-0.05, 0) is 61.7 Å². The number of H-pyrrole nitrogens is 1. The molecule has 0 atom stereocenters. The minimum absolute atomic E-state index is 0.141. The Bertz CT molecular complexity index is 1020. The van der Waals surface area contributed by atoms with E-state index in [0.717, 1.165) is 18.8 Å². The number of rotatable bonds is 4. The van der Waals surface area contributed by atoms with Gasteiger partial charge in [0, 0.05) is 24.5 Å². The number of halogens is 1. The summed E-state index contributed by atoms with van der Waals surface area (Å²) in [6.45, 7) is 1.99. The Morgan fingerprint density at radius 3 is 2.56 bits per heavy atom. The van der Waals surface area contributed by atoms with E-state index >= 15 is 0 Å². The van der Waals surface area contributed by atoms with Crippen LogP contribution in [0, 0.1) is 5.82 Å². The lowest BCUT2D eigenvalue weighted by Gasteiger charge is -2.28. The van der Waals surface area contributed by atoms with Gasteiger partial charge < -0.3 is 15.2 Å². The maximum atomic E-state index is 13.3. The SMILES string of the molecule is O=C(Cn1c(=O)[nH]c2cc(F)ccc21)Nc1ccc(N2CCCCC2)cc1. The fourth-order valence-corrected chi connectivity index (χ4v) is 3.54. The zero-order chi connectivity index (χ0) is 18.8. The molecule has 0 radical (unpaired) electrons. The second kappa shape index (κ2) is 7.26. The number of hydrogen-bond donors (Lipinski definition) is 2. The number of piperidine rings is 1. The van der Waals surface area contributed by atoms with E-state index < -0.39 is 11.5 Å². The molecule has 1 aromatic heterocycles. The number of imidazole rings is 1. The molecule has 2 heterocycles. The standard InChI is InChI=1S/C20H21FN4O2/c21-14-4-9-18-17(12-14)23-20(27)25(18)13-19(26)22-15-5-7-16(8-6-15)24-10-2-1-3-11-24/h4-9,12H,1-3,10-11,13H2,(H,22,26)(H,23,27). The number of carbonyl (C=O) groups excluding carboxylic acids is 1. The number of amides is 1. The molecule has 2 aromatic carbocycles. The average molecular weight is 368 g/mol. The van der Waals surface area contributed by atoms with Gasteiger partial charge in [-0.15, -0.1) is 0 Å². The van der Waals surface area contributed by atoms with Gasteiger partial charge in [-0.25, -0.2) is 9.18 Å². The molecule has 4 rings (SSSR count). The van der Waals surface area contributed by atoms with Crippen LogP contribution < -0.4 is 15.9 Å². The topological polar surface area (TPSA) is 70.1 Å². The van der Waals surface area contributed by atoms with E-state index in [2.05, 4.69) is 15.2 Å². The summed E-state index contributed by atoms with van der Waals surface area (Å²) in [5.74, 6) is -0.748. The molecule has 140 valence electrons. The number of nitrogens with zero attached hydrogens (tertiary/aromatic N) is 2. The highest BCUT2D eigenvalue weighted by molar-refractivity contribution is 5.91. The van der Waals surface area contributed by atoms with Crippen LogP contribution in [0.15, 0.2) is 47.3 Å². The van der Waals surface area contributed by atoms with Crippen LogP contribution in [0.4, 0.5) is 15.8 Å². The molecule has 6 nitrogen and oxygen atoms in total. The highest BCUT2D eigenvalue weighted by Gasteiger charge is 2.13. The quantitative estimate of drug-likeness (QED) is 0.743. The van der Waals surface area contributed by atoms with Gasteiger partial charge in [-0.1, -0.05) is 0 Å². The Morgan fingerprint density at radius 2 is 1.81 bits per heavy atom. The van der Waals surface area contributed by atoms with Crippen LogP contribution in [0.25, 0.3) is 11.0 Å². The van der Waals surface area contributed by atoms with E-state index in [1.165, 1.54) is 42.0 Å². The van der Waals surface area contributed by atoms with Crippen molar-refractivity contribution in [1.82, 2.24) is 9.55 Å². The van der Waals surface area contributed by atoms with Gasteiger partial charge in [-0.2, -0.15) is 0 Å². The maximum Gasteiger partial charge on any atom is 0.326 e. The van der Waals surface area contributed by atoms with Crippen molar-refractivity contribution < 1.29 is 9.18 Å². The molecule has 0 bridgehead atoms. The molecule has 1 saturated heterocycles. The van der Waals surface area contributed by atoms with Crippen LogP contribution >= 0.6 is 0 Å². The first-order valence-corrected chi connectivity index (χ1v) is 9.13. The second-order valence-electron chi connectivity index (χ2n) is 6.82. The molecule has 1 fully saturated rings. The summed E-state index contributed by atoms with van der Waals surface area (Å²) in [7, 11) is 0. The Balaban J connectivity index is 1.45. The number of hydrogen-bond acceptors (Lipinski definition) is 3. The third kappa shape index (κ3) is 3.72. The number of aromatic amines is 1. The van der Waals surface area contributed by atoms with Crippen LogP contribution in [-0.4, -0.2) is 28.5 Å². The van der Waals surface area contributed by atoms with Gasteiger partial charge in [0.15, 0.2) is 0 Å². The second-order valence-corrected chi connectivity index (χ2v) is 6.82. The fraction of sp³-hybridized carbons (Fsp3) is 0.300. The van der Waals surface area contributed by atoms with Gasteiger partial charge in [0.2, 0.25) is 5.91 Å². The van der Waals surface area contributed by atoms with Crippen LogP contribution in [0.5, 0.6) is 0 Å². The van der Waals surface area contributed by atoms with Crippen molar-refractivity contribution in [3.8, 4) is 0 Å². The van der Waals surface area contributed by atoms with Gasteiger partial charge >= 0.3 is 5.69 Å². The normalized spacial score (nSPS) is 14.5. The first-order valence-electron chi connectivity index (χ1n) is 9.13. The zero-order valence-corrected chi connectivity index (χ0v) is 14.9. The van der Waals surface area contributed by atoms with E-state index in [1.807, 2.05) is 24.3 Å². The molecule has 3 aromatic rings. The van der Waals surface area contributed by atoms with Gasteiger partial charge in [-0.3, -0.25) is 9.36 Å². The Kier molecular flexibility index (Phi) is 4.66. The molecule has 1 aliphatic rings. The molecule has 0 unspecified atom stereocenters. The summed E-state index contributed by atoms with van der Waals surface area (Å²) < 4.78 is 14.6. The summed E-state index contributed by atoms with van der Waals surface area (Å²) >= 11 is 0. The monoisotopic (exact) mass is 368 g/mol. The Morgan fingerprint density at radius 1 is 1.07 bits per heavy atom. The number of carbonyl (C=O) groups is 1. The summed E-state index contributed by atoms with van der Waals surface area (Å²) in [5.41, 5.74) is 2.27. The van der Waals surface area contributed by atoms with E-state index in [1.54, 1.807) is 0 Å². The summed E-state index contributed by atoms with van der Waals surface area (Å²) in [6.07, 6.45) is 3.70. The molecule has 0 saturated carbocycles. The Labute approximate surface area is 155 Å². The van der Waals surface area contributed by atoms with E-state index in [0.29, 0.717) is 16.7 Å². The van der Waals surface area contributed by atoms with Crippen molar-refractivity contribution in [3.63, 3.8) is 0 Å². The third-order valence-electron chi connectivity index (χ3n) is 4.91. The summed E-state index contributed by atoms with van der Waals surface area (Å²) in [4.78, 5) is 29.3. The van der Waals surface area contributed by atoms with Gasteiger partial charge in [0.05, 0.1) is 11.0 Å². The first kappa shape index (κ1) is 17.3. The third-order valence-corrected chi connectivity index (χ3v) is 4.91. The zero-order valence-electron chi connectivity index (χ0n) is 14.9. The number of benzene rings is 2. The molecule has 0 aliphatic carbocycles. The molecular weight excluding hydrogens is 347 g/mol. The number of anilines is 2. The van der Waals surface area contributed by atoms with Crippen molar-refractivity contribution in [2.24, 2.45) is 0 Å².